The lowest BCUT2D eigenvalue weighted by molar-refractivity contribution is -0.131. The predicted octanol–water partition coefficient (Wildman–Crippen LogP) is 4.77. The number of hydrogen-bond acceptors (Lipinski definition) is 4. The predicted molar refractivity (Wildman–Crippen MR) is 123 cm³/mol. The molecule has 1 aliphatic rings. The summed E-state index contributed by atoms with van der Waals surface area (Å²) in [5.74, 6) is 0.169. The number of pyridine rings is 1. The van der Waals surface area contributed by atoms with Gasteiger partial charge in [0.15, 0.2) is 0 Å². The molecule has 1 amide bonds. The first-order valence-electron chi connectivity index (χ1n) is 10.6. The topological polar surface area (TPSA) is 45.2 Å². The lowest BCUT2D eigenvalue weighted by Crippen LogP contribution is -2.46. The van der Waals surface area contributed by atoms with E-state index in [1.54, 1.807) is 11.3 Å². The Hall–Kier alpha value is -2.50. The van der Waals surface area contributed by atoms with Gasteiger partial charge in [0.05, 0.1) is 11.1 Å². The number of aromatic nitrogens is 1. The molecule has 1 fully saturated rings. The summed E-state index contributed by atoms with van der Waals surface area (Å²) in [6, 6.07) is 17.0. The van der Waals surface area contributed by atoms with Gasteiger partial charge in [0.1, 0.15) is 0 Å². The normalized spacial score (nSPS) is 19.3. The van der Waals surface area contributed by atoms with E-state index < -0.39 is 5.41 Å². The number of hydrogen-bond donors (Lipinski definition) is 1. The molecule has 30 heavy (non-hydrogen) atoms. The van der Waals surface area contributed by atoms with Crippen molar-refractivity contribution in [1.29, 1.82) is 0 Å². The highest BCUT2D eigenvalue weighted by Gasteiger charge is 2.44. The summed E-state index contributed by atoms with van der Waals surface area (Å²) < 4.78 is 0. The molecule has 1 aliphatic heterocycles. The van der Waals surface area contributed by atoms with Crippen molar-refractivity contribution in [2.24, 2.45) is 5.41 Å². The van der Waals surface area contributed by atoms with Crippen LogP contribution in [0.1, 0.15) is 31.5 Å². The van der Waals surface area contributed by atoms with Gasteiger partial charge in [-0.05, 0) is 78.9 Å². The Labute approximate surface area is 183 Å². The summed E-state index contributed by atoms with van der Waals surface area (Å²) in [5, 5.41) is 7.45. The molecule has 0 bridgehead atoms. The molecule has 1 N–H and O–H groups in total. The molecule has 1 saturated heterocycles. The number of likely N-dealkylation sites (tertiary alicyclic amines) is 1. The zero-order valence-corrected chi connectivity index (χ0v) is 18.5. The Morgan fingerprint density at radius 2 is 2.00 bits per heavy atom. The van der Waals surface area contributed by atoms with Gasteiger partial charge >= 0.3 is 0 Å². The van der Waals surface area contributed by atoms with E-state index in [2.05, 4.69) is 62.4 Å². The van der Waals surface area contributed by atoms with Gasteiger partial charge in [0, 0.05) is 25.3 Å². The quantitative estimate of drug-likeness (QED) is 0.600. The maximum atomic E-state index is 13.3. The number of thiophene rings is 1. The molecule has 0 radical (unpaired) electrons. The Morgan fingerprint density at radius 1 is 1.17 bits per heavy atom. The van der Waals surface area contributed by atoms with Crippen LogP contribution in [0.15, 0.2) is 65.5 Å². The van der Waals surface area contributed by atoms with Gasteiger partial charge < -0.3 is 5.32 Å². The summed E-state index contributed by atoms with van der Waals surface area (Å²) >= 11 is 1.71. The number of carbonyl (C=O) groups is 1. The molecule has 4 rings (SSSR count). The monoisotopic (exact) mass is 419 g/mol. The van der Waals surface area contributed by atoms with Crippen molar-refractivity contribution in [3.8, 4) is 11.1 Å². The van der Waals surface area contributed by atoms with Crippen molar-refractivity contribution < 1.29 is 4.79 Å². The van der Waals surface area contributed by atoms with Crippen LogP contribution in [0.4, 0.5) is 0 Å². The van der Waals surface area contributed by atoms with Gasteiger partial charge in [-0.15, -0.1) is 0 Å². The van der Waals surface area contributed by atoms with Crippen LogP contribution in [0.2, 0.25) is 0 Å². The molecule has 3 aromatic rings. The third-order valence-electron chi connectivity index (χ3n) is 5.80. The second-order valence-electron chi connectivity index (χ2n) is 8.58. The fourth-order valence-electron chi connectivity index (χ4n) is 4.27. The maximum Gasteiger partial charge on any atom is 0.228 e. The minimum Gasteiger partial charge on any atom is -0.353 e. The Bertz CT molecular complexity index is 954. The van der Waals surface area contributed by atoms with Crippen LogP contribution in [0.25, 0.3) is 11.1 Å². The van der Waals surface area contributed by atoms with E-state index in [-0.39, 0.29) is 11.9 Å². The average molecular weight is 420 g/mol. The Balaban J connectivity index is 1.52. The molecule has 1 atom stereocenters. The van der Waals surface area contributed by atoms with Crippen molar-refractivity contribution in [2.45, 2.75) is 39.3 Å². The summed E-state index contributed by atoms with van der Waals surface area (Å²) in [5.41, 5.74) is 4.35. The molecule has 0 spiro atoms. The molecule has 4 nitrogen and oxygen atoms in total. The van der Waals surface area contributed by atoms with Crippen LogP contribution >= 0.6 is 11.3 Å². The second kappa shape index (κ2) is 9.11. The van der Waals surface area contributed by atoms with Crippen LogP contribution in [-0.2, 0) is 17.8 Å². The Kier molecular flexibility index (Phi) is 6.30. The van der Waals surface area contributed by atoms with Gasteiger partial charge in [0.25, 0.3) is 0 Å². The van der Waals surface area contributed by atoms with E-state index >= 15 is 0 Å². The van der Waals surface area contributed by atoms with Crippen molar-refractivity contribution in [1.82, 2.24) is 15.2 Å². The van der Waals surface area contributed by atoms with Crippen LogP contribution in [-0.4, -0.2) is 34.9 Å². The largest absolute Gasteiger partial charge is 0.353 e. The van der Waals surface area contributed by atoms with E-state index in [0.29, 0.717) is 0 Å². The SMILES string of the molecule is CC(C)NC(=O)C1(Cc2ccc(-c3ccsc3)cc2)CCN(Cc2ccccn2)C1. The number of rotatable bonds is 7. The molecule has 2 aromatic heterocycles. The van der Waals surface area contributed by atoms with E-state index in [9.17, 15) is 4.79 Å². The highest BCUT2D eigenvalue weighted by molar-refractivity contribution is 7.08. The maximum absolute atomic E-state index is 13.3. The zero-order valence-electron chi connectivity index (χ0n) is 17.7. The summed E-state index contributed by atoms with van der Waals surface area (Å²) in [6.45, 7) is 6.52. The van der Waals surface area contributed by atoms with Crippen molar-refractivity contribution in [3.63, 3.8) is 0 Å². The van der Waals surface area contributed by atoms with Crippen LogP contribution in [0.3, 0.4) is 0 Å². The summed E-state index contributed by atoms with van der Waals surface area (Å²) in [4.78, 5) is 20.1. The highest BCUT2D eigenvalue weighted by atomic mass is 32.1. The fourth-order valence-corrected chi connectivity index (χ4v) is 4.94. The number of nitrogens with zero attached hydrogens (tertiary/aromatic N) is 2. The summed E-state index contributed by atoms with van der Waals surface area (Å²) in [6.07, 6.45) is 3.46. The average Bonchev–Trinajstić information content (AvgIpc) is 3.40. The lowest BCUT2D eigenvalue weighted by Gasteiger charge is -2.29. The van der Waals surface area contributed by atoms with E-state index in [1.165, 1.54) is 16.7 Å². The van der Waals surface area contributed by atoms with E-state index in [0.717, 1.165) is 38.2 Å². The second-order valence-corrected chi connectivity index (χ2v) is 9.36. The minimum absolute atomic E-state index is 0.139. The number of benzene rings is 1. The molecule has 0 aliphatic carbocycles. The van der Waals surface area contributed by atoms with Crippen LogP contribution < -0.4 is 5.32 Å². The minimum atomic E-state index is -0.400. The summed E-state index contributed by atoms with van der Waals surface area (Å²) in [7, 11) is 0. The van der Waals surface area contributed by atoms with Crippen molar-refractivity contribution in [2.75, 3.05) is 13.1 Å². The Morgan fingerprint density at radius 3 is 2.67 bits per heavy atom. The van der Waals surface area contributed by atoms with Crippen LogP contribution in [0.5, 0.6) is 0 Å². The molecule has 1 unspecified atom stereocenters. The fraction of sp³-hybridized carbons (Fsp3) is 0.360. The number of amides is 1. The first kappa shape index (κ1) is 20.8. The van der Waals surface area contributed by atoms with Crippen LogP contribution in [0, 0.1) is 5.41 Å². The first-order valence-corrected chi connectivity index (χ1v) is 11.5. The van der Waals surface area contributed by atoms with Gasteiger partial charge in [-0.2, -0.15) is 11.3 Å². The molecule has 3 heterocycles. The van der Waals surface area contributed by atoms with E-state index in [1.807, 2.05) is 32.2 Å². The number of carbonyl (C=O) groups excluding carboxylic acids is 1. The van der Waals surface area contributed by atoms with E-state index in [4.69, 9.17) is 0 Å². The standard InChI is InChI=1S/C25H29N3OS/c1-19(2)27-24(29)25(11-13-28(18-25)16-23-5-3-4-12-26-23)15-20-6-8-21(9-7-20)22-10-14-30-17-22/h3-10,12,14,17,19H,11,13,15-16,18H2,1-2H3,(H,27,29). The zero-order chi connectivity index (χ0) is 21.0. The van der Waals surface area contributed by atoms with Gasteiger partial charge in [-0.1, -0.05) is 30.3 Å². The van der Waals surface area contributed by atoms with Crippen molar-refractivity contribution in [3.05, 3.63) is 76.7 Å². The van der Waals surface area contributed by atoms with Gasteiger partial charge in [-0.3, -0.25) is 14.7 Å². The van der Waals surface area contributed by atoms with Crippen molar-refractivity contribution >= 4 is 17.2 Å². The third-order valence-corrected chi connectivity index (χ3v) is 6.48. The molecular formula is C25H29N3OS. The number of nitrogens with one attached hydrogen (secondary N) is 1. The molecule has 1 aromatic carbocycles. The molecule has 5 heteroatoms. The lowest BCUT2D eigenvalue weighted by atomic mass is 9.79. The molecule has 156 valence electrons. The highest BCUT2D eigenvalue weighted by Crippen LogP contribution is 2.36. The molecular weight excluding hydrogens is 390 g/mol. The third kappa shape index (κ3) is 4.79. The smallest absolute Gasteiger partial charge is 0.228 e. The first-order chi connectivity index (χ1) is 14.5. The van der Waals surface area contributed by atoms with Gasteiger partial charge in [0.2, 0.25) is 5.91 Å². The van der Waals surface area contributed by atoms with Gasteiger partial charge in [-0.25, -0.2) is 0 Å². The molecule has 0 saturated carbocycles.